The molecular weight excluding hydrogens is 366 g/mol. The Bertz CT molecular complexity index is 743. The molecule has 0 aromatic heterocycles. The van der Waals surface area contributed by atoms with Gasteiger partial charge in [0.25, 0.3) is 0 Å². The van der Waals surface area contributed by atoms with Gasteiger partial charge in [0.15, 0.2) is 0 Å². The van der Waals surface area contributed by atoms with E-state index in [4.69, 9.17) is 4.74 Å². The van der Waals surface area contributed by atoms with Crippen molar-refractivity contribution in [3.8, 4) is 0 Å². The van der Waals surface area contributed by atoms with Gasteiger partial charge < -0.3 is 15.0 Å². The number of anilines is 2. The number of carbonyl (C=O) groups excluding carboxylic acids is 1. The van der Waals surface area contributed by atoms with E-state index in [9.17, 15) is 13.2 Å². The number of hydrogen-bond acceptors (Lipinski definition) is 5. The van der Waals surface area contributed by atoms with Gasteiger partial charge in [-0.05, 0) is 36.6 Å². The van der Waals surface area contributed by atoms with Gasteiger partial charge in [-0.1, -0.05) is 12.8 Å². The van der Waals surface area contributed by atoms with Crippen LogP contribution in [0.4, 0.5) is 11.4 Å². The van der Waals surface area contributed by atoms with Crippen LogP contribution < -0.4 is 10.2 Å². The average molecular weight is 398 g/mol. The fourth-order valence-electron chi connectivity index (χ4n) is 3.40. The third kappa shape index (κ3) is 6.19. The lowest BCUT2D eigenvalue weighted by Gasteiger charge is -2.24. The molecule has 7 nitrogen and oxygen atoms in total. The number of nitrogens with zero attached hydrogens (tertiary/aromatic N) is 2. The highest BCUT2D eigenvalue weighted by molar-refractivity contribution is 7.88. The first-order valence-electron chi connectivity index (χ1n) is 9.27. The first-order valence-corrected chi connectivity index (χ1v) is 11.1. The van der Waals surface area contributed by atoms with Gasteiger partial charge in [0.1, 0.15) is 0 Å². The molecule has 0 spiro atoms. The van der Waals surface area contributed by atoms with Crippen molar-refractivity contribution in [1.82, 2.24) is 4.31 Å². The molecule has 2 rings (SSSR count). The van der Waals surface area contributed by atoms with E-state index in [1.807, 2.05) is 37.2 Å². The van der Waals surface area contributed by atoms with E-state index < -0.39 is 10.0 Å². The molecule has 0 unspecified atom stereocenters. The van der Waals surface area contributed by atoms with E-state index in [0.29, 0.717) is 12.3 Å². The molecule has 0 radical (unpaired) electrons. The molecule has 1 aromatic carbocycles. The number of ether oxygens (including phenoxy) is 1. The third-order valence-corrected chi connectivity index (χ3v) is 6.17. The third-order valence-electron chi connectivity index (χ3n) is 4.92. The Morgan fingerprint density at radius 1 is 1.26 bits per heavy atom. The Morgan fingerprint density at radius 3 is 2.48 bits per heavy atom. The Kier molecular flexibility index (Phi) is 7.64. The van der Waals surface area contributed by atoms with Crippen LogP contribution in [0.2, 0.25) is 0 Å². The zero-order valence-corrected chi connectivity index (χ0v) is 17.5. The zero-order valence-electron chi connectivity index (χ0n) is 16.7. The van der Waals surface area contributed by atoms with Crippen molar-refractivity contribution in [2.24, 2.45) is 5.92 Å². The number of hydrogen-bond donors (Lipinski definition) is 1. The Hall–Kier alpha value is -1.64. The summed E-state index contributed by atoms with van der Waals surface area (Å²) in [4.78, 5) is 14.4. The molecule has 1 N–H and O–H groups in total. The molecule has 27 heavy (non-hydrogen) atoms. The van der Waals surface area contributed by atoms with Crippen molar-refractivity contribution in [3.05, 3.63) is 23.8 Å². The summed E-state index contributed by atoms with van der Waals surface area (Å²) >= 11 is 0. The van der Waals surface area contributed by atoms with Gasteiger partial charge >= 0.3 is 0 Å². The van der Waals surface area contributed by atoms with Crippen LogP contribution in [0, 0.1) is 5.92 Å². The lowest BCUT2D eigenvalue weighted by molar-refractivity contribution is -0.119. The summed E-state index contributed by atoms with van der Waals surface area (Å²) in [5.74, 6) is 0.131. The van der Waals surface area contributed by atoms with E-state index >= 15 is 0 Å². The quantitative estimate of drug-likeness (QED) is 0.692. The largest absolute Gasteiger partial charge is 0.383 e. The van der Waals surface area contributed by atoms with Crippen LogP contribution in [0.3, 0.4) is 0 Å². The lowest BCUT2D eigenvalue weighted by Crippen LogP contribution is -2.33. The zero-order chi connectivity index (χ0) is 20.0. The number of methoxy groups -OCH3 is 1. The molecule has 1 aliphatic carbocycles. The van der Waals surface area contributed by atoms with Gasteiger partial charge in [-0.2, -0.15) is 4.31 Å². The van der Waals surface area contributed by atoms with Gasteiger partial charge in [0.05, 0.1) is 12.9 Å². The maximum Gasteiger partial charge on any atom is 0.227 e. The molecule has 8 heteroatoms. The predicted octanol–water partition coefficient (Wildman–Crippen LogP) is 2.29. The number of sulfonamides is 1. The van der Waals surface area contributed by atoms with Crippen LogP contribution in [-0.4, -0.2) is 59.2 Å². The van der Waals surface area contributed by atoms with Crippen molar-refractivity contribution in [3.63, 3.8) is 0 Å². The molecule has 1 aliphatic rings. The summed E-state index contributed by atoms with van der Waals surface area (Å²) in [7, 11) is 1.99. The van der Waals surface area contributed by atoms with E-state index in [0.717, 1.165) is 36.9 Å². The van der Waals surface area contributed by atoms with Crippen molar-refractivity contribution in [1.29, 1.82) is 0 Å². The minimum absolute atomic E-state index is 0.0513. The number of rotatable bonds is 9. The summed E-state index contributed by atoms with van der Waals surface area (Å²) in [5.41, 5.74) is 2.46. The van der Waals surface area contributed by atoms with E-state index in [1.165, 1.54) is 10.6 Å². The highest BCUT2D eigenvalue weighted by atomic mass is 32.2. The van der Waals surface area contributed by atoms with Gasteiger partial charge in [0.2, 0.25) is 15.9 Å². The number of nitrogens with one attached hydrogen (secondary N) is 1. The van der Waals surface area contributed by atoms with Gasteiger partial charge in [-0.15, -0.1) is 0 Å². The minimum Gasteiger partial charge on any atom is -0.383 e. The maximum absolute atomic E-state index is 12.4. The fourth-order valence-corrected chi connectivity index (χ4v) is 4.18. The summed E-state index contributed by atoms with van der Waals surface area (Å²) in [5, 5.41) is 3.00. The summed E-state index contributed by atoms with van der Waals surface area (Å²) < 4.78 is 30.7. The van der Waals surface area contributed by atoms with Crippen LogP contribution in [0.15, 0.2) is 18.2 Å². The molecule has 0 aliphatic heterocycles. The lowest BCUT2D eigenvalue weighted by atomic mass is 10.1. The molecule has 0 atom stereocenters. The Morgan fingerprint density at radius 2 is 1.93 bits per heavy atom. The molecule has 1 saturated carbocycles. The maximum atomic E-state index is 12.4. The molecule has 1 aromatic rings. The minimum atomic E-state index is -3.38. The second-order valence-corrected chi connectivity index (χ2v) is 9.28. The second-order valence-electron chi connectivity index (χ2n) is 7.30. The first kappa shape index (κ1) is 21.7. The average Bonchev–Trinajstić information content (AvgIpc) is 3.12. The number of amides is 1. The van der Waals surface area contributed by atoms with Crippen LogP contribution in [-0.2, 0) is 26.1 Å². The summed E-state index contributed by atoms with van der Waals surface area (Å²) in [6.45, 7) is 0.826. The Balaban J connectivity index is 2.24. The van der Waals surface area contributed by atoms with Crippen molar-refractivity contribution in [2.75, 3.05) is 50.8 Å². The van der Waals surface area contributed by atoms with Crippen LogP contribution in [0.1, 0.15) is 31.2 Å². The van der Waals surface area contributed by atoms with E-state index in [2.05, 4.69) is 5.32 Å². The van der Waals surface area contributed by atoms with Crippen LogP contribution in [0.25, 0.3) is 0 Å². The SMILES string of the molecule is COCCN(Cc1cc(NC(=O)C2CCCC2)ccc1N(C)C)S(C)(=O)=O. The van der Waals surface area contributed by atoms with Gasteiger partial charge in [-0.3, -0.25) is 4.79 Å². The molecule has 152 valence electrons. The van der Waals surface area contributed by atoms with Crippen molar-refractivity contribution in [2.45, 2.75) is 32.2 Å². The van der Waals surface area contributed by atoms with E-state index in [1.54, 1.807) is 7.11 Å². The molecule has 1 amide bonds. The van der Waals surface area contributed by atoms with Crippen molar-refractivity contribution >= 4 is 27.3 Å². The van der Waals surface area contributed by atoms with Gasteiger partial charge in [0, 0.05) is 51.6 Å². The standard InChI is InChI=1S/C19H31N3O4S/c1-21(2)18-10-9-17(20-19(23)15-7-5-6-8-15)13-16(18)14-22(11-12-26-3)27(4,24)25/h9-10,13,15H,5-8,11-12,14H2,1-4H3,(H,20,23). The highest BCUT2D eigenvalue weighted by Crippen LogP contribution is 2.28. The summed E-state index contributed by atoms with van der Waals surface area (Å²) in [6, 6.07) is 5.65. The topological polar surface area (TPSA) is 79.0 Å². The summed E-state index contributed by atoms with van der Waals surface area (Å²) in [6.07, 6.45) is 5.28. The molecule has 0 heterocycles. The number of carbonyl (C=O) groups is 1. The first-order chi connectivity index (χ1) is 12.7. The van der Waals surface area contributed by atoms with Crippen LogP contribution in [0.5, 0.6) is 0 Å². The predicted molar refractivity (Wildman–Crippen MR) is 108 cm³/mol. The number of benzene rings is 1. The molecule has 1 fully saturated rings. The van der Waals surface area contributed by atoms with Crippen LogP contribution >= 0.6 is 0 Å². The van der Waals surface area contributed by atoms with Gasteiger partial charge in [-0.25, -0.2) is 8.42 Å². The normalized spacial score (nSPS) is 15.3. The smallest absolute Gasteiger partial charge is 0.227 e. The second kappa shape index (κ2) is 9.52. The molecule has 0 bridgehead atoms. The highest BCUT2D eigenvalue weighted by Gasteiger charge is 2.23. The monoisotopic (exact) mass is 397 g/mol. The van der Waals surface area contributed by atoms with E-state index in [-0.39, 0.29) is 24.9 Å². The molecule has 0 saturated heterocycles. The molecular formula is C19H31N3O4S. The fraction of sp³-hybridized carbons (Fsp3) is 0.632. The Labute approximate surface area is 162 Å². The van der Waals surface area contributed by atoms with Crippen molar-refractivity contribution < 1.29 is 17.9 Å².